The monoisotopic (exact) mass is 540 g/mol. The molecule has 0 amide bonds. The molecule has 2 aliphatic rings. The van der Waals surface area contributed by atoms with Gasteiger partial charge in [0.05, 0.1) is 31.0 Å². The number of aromatic nitrogens is 5. The number of tetrazole rings is 1. The summed E-state index contributed by atoms with van der Waals surface area (Å²) in [5.74, 6) is 2.57. The molecule has 40 heavy (non-hydrogen) atoms. The first-order valence-corrected chi connectivity index (χ1v) is 13.4. The number of nitrogens with one attached hydrogen (secondary N) is 1. The minimum atomic E-state index is -0.597. The summed E-state index contributed by atoms with van der Waals surface area (Å²) >= 11 is 0. The number of aromatic amines is 1. The van der Waals surface area contributed by atoms with Crippen molar-refractivity contribution in [2.75, 3.05) is 13.4 Å². The minimum absolute atomic E-state index is 0.0187. The molecule has 5 heterocycles. The van der Waals surface area contributed by atoms with Crippen LogP contribution in [0.25, 0.3) is 10.9 Å². The van der Waals surface area contributed by atoms with Crippen molar-refractivity contribution >= 4 is 10.9 Å². The Morgan fingerprint density at radius 3 is 2.73 bits per heavy atom. The molecule has 11 nitrogen and oxygen atoms in total. The van der Waals surface area contributed by atoms with E-state index in [1.54, 1.807) is 17.0 Å². The van der Waals surface area contributed by atoms with Crippen LogP contribution >= 0.6 is 0 Å². The summed E-state index contributed by atoms with van der Waals surface area (Å²) in [5, 5.41) is 13.7. The Morgan fingerprint density at radius 2 is 1.93 bits per heavy atom. The molecule has 204 valence electrons. The second kappa shape index (κ2) is 10.6. The van der Waals surface area contributed by atoms with Crippen LogP contribution in [0.1, 0.15) is 41.6 Å². The average Bonchev–Trinajstić information content (AvgIpc) is 3.78. The molecule has 0 saturated carbocycles. The number of hydrogen-bond donors (Lipinski definition) is 1. The van der Waals surface area contributed by atoms with Gasteiger partial charge >= 0.3 is 0 Å². The molecule has 1 saturated heterocycles. The smallest absolute Gasteiger partial charge is 0.253 e. The van der Waals surface area contributed by atoms with Gasteiger partial charge in [-0.15, -0.1) is 5.10 Å². The molecule has 0 radical (unpaired) electrons. The van der Waals surface area contributed by atoms with Crippen molar-refractivity contribution in [2.45, 2.75) is 44.6 Å². The zero-order valence-corrected chi connectivity index (χ0v) is 21.7. The van der Waals surface area contributed by atoms with Gasteiger partial charge in [0.15, 0.2) is 17.3 Å². The highest BCUT2D eigenvalue weighted by Gasteiger charge is 2.33. The number of H-pyrrole nitrogens is 1. The van der Waals surface area contributed by atoms with Crippen LogP contribution in [0, 0.1) is 0 Å². The van der Waals surface area contributed by atoms with Gasteiger partial charge in [0.25, 0.3) is 5.56 Å². The summed E-state index contributed by atoms with van der Waals surface area (Å²) in [6, 6.07) is 18.9. The van der Waals surface area contributed by atoms with E-state index in [1.807, 2.05) is 42.5 Å². The van der Waals surface area contributed by atoms with E-state index < -0.39 is 6.04 Å². The van der Waals surface area contributed by atoms with Crippen LogP contribution in [0.5, 0.6) is 11.5 Å². The summed E-state index contributed by atoms with van der Waals surface area (Å²) in [6.45, 7) is 2.33. The van der Waals surface area contributed by atoms with E-state index in [1.165, 1.54) is 0 Å². The van der Waals surface area contributed by atoms with Gasteiger partial charge in [0.2, 0.25) is 6.79 Å². The summed E-state index contributed by atoms with van der Waals surface area (Å²) in [7, 11) is 0. The number of furan rings is 1. The third kappa shape index (κ3) is 4.85. The fourth-order valence-corrected chi connectivity index (χ4v) is 5.49. The predicted molar refractivity (Wildman–Crippen MR) is 144 cm³/mol. The Hall–Kier alpha value is -4.48. The fraction of sp³-hybridized carbons (Fsp3) is 0.310. The maximum absolute atomic E-state index is 13.8. The maximum atomic E-state index is 13.8. The summed E-state index contributed by atoms with van der Waals surface area (Å²) in [6.07, 6.45) is 3.61. The Balaban J connectivity index is 1.38. The predicted octanol–water partition coefficient (Wildman–Crippen LogP) is 3.81. The molecule has 0 aliphatic carbocycles. The standard InChI is InChI=1S/C29H28N6O5/c36-29-23(12-20-13-25-26(40-18-39-25)14-24(20)30-29)27(28-31-32-33-35(28)17-22-9-5-11-38-22)34(16-21-8-4-10-37-21)15-19-6-2-1-3-7-19/h1-4,6-8,10,12-14,22,27H,5,9,11,15-18H2,(H,30,36)/t22-,27-/m1/s1. The molecule has 0 unspecified atom stereocenters. The maximum Gasteiger partial charge on any atom is 0.253 e. The van der Waals surface area contributed by atoms with Gasteiger partial charge in [-0.05, 0) is 53.1 Å². The van der Waals surface area contributed by atoms with Crippen molar-refractivity contribution in [3.8, 4) is 11.5 Å². The van der Waals surface area contributed by atoms with Crippen LogP contribution in [0.15, 0.2) is 76.1 Å². The second-order valence-corrected chi connectivity index (χ2v) is 10.1. The van der Waals surface area contributed by atoms with Crippen LogP contribution in [0.3, 0.4) is 0 Å². The van der Waals surface area contributed by atoms with E-state index in [4.69, 9.17) is 18.6 Å². The number of fused-ring (bicyclic) bond motifs is 2. The highest BCUT2D eigenvalue weighted by molar-refractivity contribution is 5.83. The molecule has 7 rings (SSSR count). The first kappa shape index (κ1) is 24.6. The lowest BCUT2D eigenvalue weighted by Crippen LogP contribution is -2.35. The third-order valence-corrected chi connectivity index (χ3v) is 7.40. The normalized spacial score (nSPS) is 17.2. The van der Waals surface area contributed by atoms with E-state index in [-0.39, 0.29) is 18.5 Å². The minimum Gasteiger partial charge on any atom is -0.468 e. The largest absolute Gasteiger partial charge is 0.468 e. The van der Waals surface area contributed by atoms with Gasteiger partial charge in [-0.1, -0.05) is 30.3 Å². The van der Waals surface area contributed by atoms with Crippen molar-refractivity contribution < 1.29 is 18.6 Å². The third-order valence-electron chi connectivity index (χ3n) is 7.40. The molecule has 2 atom stereocenters. The first-order chi connectivity index (χ1) is 19.7. The molecule has 0 spiro atoms. The molecule has 11 heteroatoms. The van der Waals surface area contributed by atoms with Crippen molar-refractivity contribution in [1.82, 2.24) is 30.1 Å². The lowest BCUT2D eigenvalue weighted by molar-refractivity contribution is 0.0901. The SMILES string of the molecule is O=c1[nH]c2cc3c(cc2cc1[C@H](c1nnnn1C[C@H]1CCCO1)N(Cc1ccccc1)Cc1ccco1)OCO3. The quantitative estimate of drug-likeness (QED) is 0.298. The molecule has 2 aliphatic heterocycles. The number of benzene rings is 2. The Labute approximate surface area is 229 Å². The van der Waals surface area contributed by atoms with Crippen molar-refractivity contribution in [1.29, 1.82) is 0 Å². The molecule has 1 N–H and O–H groups in total. The van der Waals surface area contributed by atoms with Gasteiger partial charge in [-0.3, -0.25) is 9.69 Å². The number of ether oxygens (including phenoxy) is 3. The zero-order chi connectivity index (χ0) is 26.9. The first-order valence-electron chi connectivity index (χ1n) is 13.4. The van der Waals surface area contributed by atoms with Gasteiger partial charge in [-0.2, -0.15) is 0 Å². The molecular formula is C29H28N6O5. The Bertz CT molecular complexity index is 1660. The van der Waals surface area contributed by atoms with Crippen molar-refractivity contribution in [2.24, 2.45) is 0 Å². The Morgan fingerprint density at radius 1 is 1.05 bits per heavy atom. The molecule has 3 aromatic heterocycles. The summed E-state index contributed by atoms with van der Waals surface area (Å²) < 4.78 is 24.6. The Kier molecular flexibility index (Phi) is 6.50. The van der Waals surface area contributed by atoms with E-state index in [0.717, 1.165) is 36.2 Å². The summed E-state index contributed by atoms with van der Waals surface area (Å²) in [4.78, 5) is 19.0. The van der Waals surface area contributed by atoms with E-state index in [0.29, 0.717) is 48.0 Å². The van der Waals surface area contributed by atoms with E-state index >= 15 is 0 Å². The molecule has 2 aromatic carbocycles. The van der Waals surface area contributed by atoms with Crippen LogP contribution in [0.4, 0.5) is 0 Å². The number of hydrogen-bond acceptors (Lipinski definition) is 9. The molecule has 5 aromatic rings. The fourth-order valence-electron chi connectivity index (χ4n) is 5.49. The molecule has 0 bridgehead atoms. The van der Waals surface area contributed by atoms with Crippen LogP contribution in [-0.2, 0) is 24.4 Å². The topological polar surface area (TPSA) is 121 Å². The highest BCUT2D eigenvalue weighted by atomic mass is 16.7. The number of pyridine rings is 1. The van der Waals surface area contributed by atoms with E-state index in [2.05, 4.69) is 37.5 Å². The molecular weight excluding hydrogens is 512 g/mol. The van der Waals surface area contributed by atoms with Gasteiger partial charge in [0, 0.05) is 30.2 Å². The average molecular weight is 541 g/mol. The second-order valence-electron chi connectivity index (χ2n) is 10.1. The van der Waals surface area contributed by atoms with Crippen molar-refractivity contribution in [3.05, 3.63) is 100.0 Å². The van der Waals surface area contributed by atoms with Gasteiger partial charge < -0.3 is 23.6 Å². The zero-order valence-electron chi connectivity index (χ0n) is 21.7. The van der Waals surface area contributed by atoms with Crippen LogP contribution < -0.4 is 15.0 Å². The van der Waals surface area contributed by atoms with Crippen molar-refractivity contribution in [3.63, 3.8) is 0 Å². The lowest BCUT2D eigenvalue weighted by atomic mass is 10.0. The summed E-state index contributed by atoms with van der Waals surface area (Å²) in [5.41, 5.74) is 2.02. The van der Waals surface area contributed by atoms with Gasteiger partial charge in [0.1, 0.15) is 11.8 Å². The highest BCUT2D eigenvalue weighted by Crippen LogP contribution is 2.37. The molecule has 1 fully saturated rings. The number of nitrogens with zero attached hydrogens (tertiary/aromatic N) is 5. The lowest BCUT2D eigenvalue weighted by Gasteiger charge is -2.30. The van der Waals surface area contributed by atoms with E-state index in [9.17, 15) is 4.79 Å². The van der Waals surface area contributed by atoms with Crippen LogP contribution in [-0.4, -0.2) is 49.6 Å². The van der Waals surface area contributed by atoms with Gasteiger partial charge in [-0.25, -0.2) is 4.68 Å². The van der Waals surface area contributed by atoms with Crippen LogP contribution in [0.2, 0.25) is 0 Å². The number of rotatable bonds is 9.